The molecule has 3 rings (SSSR count). The summed E-state index contributed by atoms with van der Waals surface area (Å²) in [5.41, 5.74) is 0.0685. The fourth-order valence-corrected chi connectivity index (χ4v) is 3.20. The van der Waals surface area contributed by atoms with Crippen molar-refractivity contribution in [3.63, 3.8) is 0 Å². The lowest BCUT2D eigenvalue weighted by Gasteiger charge is -2.39. The normalized spacial score (nSPS) is 14.8. The zero-order valence-corrected chi connectivity index (χ0v) is 15.9. The van der Waals surface area contributed by atoms with Crippen LogP contribution in [0.4, 0.5) is 10.1 Å². The minimum Gasteiger partial charge on any atom is -0.497 e. The average Bonchev–Trinajstić information content (AvgIpc) is 2.69. The number of carbonyl (C=O) groups excluding carboxylic acids is 1. The number of carbonyl (C=O) groups is 1. The summed E-state index contributed by atoms with van der Waals surface area (Å²) in [6, 6.07) is 13.6. The summed E-state index contributed by atoms with van der Waals surface area (Å²) in [4.78, 5) is 17.0. The molecule has 1 amide bonds. The van der Waals surface area contributed by atoms with E-state index in [1.165, 1.54) is 24.3 Å². The second-order valence-electron chi connectivity index (χ2n) is 7.05. The highest BCUT2D eigenvalue weighted by Crippen LogP contribution is 2.24. The standard InChI is InChI=1S/C21H25FN2O3/c1-21(2,27-18-9-7-16(22)8-10-18)20(25)24-13-11-23(12-14-24)17-5-4-6-19(15-17)26-3/h4-10,15H,11-14H2,1-3H3. The van der Waals surface area contributed by atoms with Crippen molar-refractivity contribution in [2.24, 2.45) is 0 Å². The maximum absolute atomic E-state index is 13.1. The maximum atomic E-state index is 13.1. The van der Waals surface area contributed by atoms with Crippen LogP contribution in [0.1, 0.15) is 13.8 Å². The molecule has 0 N–H and O–H groups in total. The fourth-order valence-electron chi connectivity index (χ4n) is 3.20. The highest BCUT2D eigenvalue weighted by atomic mass is 19.1. The average molecular weight is 372 g/mol. The van der Waals surface area contributed by atoms with Crippen LogP contribution < -0.4 is 14.4 Å². The number of nitrogens with zero attached hydrogens (tertiary/aromatic N) is 2. The number of methoxy groups -OCH3 is 1. The zero-order chi connectivity index (χ0) is 19.4. The highest BCUT2D eigenvalue weighted by molar-refractivity contribution is 5.85. The molecule has 2 aromatic carbocycles. The lowest BCUT2D eigenvalue weighted by molar-refractivity contribution is -0.145. The Hall–Kier alpha value is -2.76. The first-order valence-electron chi connectivity index (χ1n) is 9.02. The van der Waals surface area contributed by atoms with Crippen molar-refractivity contribution in [1.29, 1.82) is 0 Å². The van der Waals surface area contributed by atoms with Crippen molar-refractivity contribution in [3.8, 4) is 11.5 Å². The van der Waals surface area contributed by atoms with Gasteiger partial charge in [0, 0.05) is 37.9 Å². The van der Waals surface area contributed by atoms with Gasteiger partial charge in [0.05, 0.1) is 7.11 Å². The number of rotatable bonds is 5. The molecule has 1 aliphatic heterocycles. The maximum Gasteiger partial charge on any atom is 0.266 e. The van der Waals surface area contributed by atoms with E-state index in [2.05, 4.69) is 4.90 Å². The number of hydrogen-bond donors (Lipinski definition) is 0. The number of ether oxygens (including phenoxy) is 2. The first kappa shape index (κ1) is 19.0. The van der Waals surface area contributed by atoms with E-state index in [1.807, 2.05) is 29.2 Å². The van der Waals surface area contributed by atoms with Crippen molar-refractivity contribution >= 4 is 11.6 Å². The van der Waals surface area contributed by atoms with Gasteiger partial charge < -0.3 is 19.3 Å². The van der Waals surface area contributed by atoms with Crippen molar-refractivity contribution in [2.75, 3.05) is 38.2 Å². The van der Waals surface area contributed by atoms with E-state index in [0.717, 1.165) is 24.5 Å². The molecule has 0 unspecified atom stereocenters. The Labute approximate surface area is 159 Å². The summed E-state index contributed by atoms with van der Waals surface area (Å²) in [5, 5.41) is 0. The Bertz CT molecular complexity index is 784. The van der Waals surface area contributed by atoms with Crippen molar-refractivity contribution < 1.29 is 18.7 Å². The summed E-state index contributed by atoms with van der Waals surface area (Å²) >= 11 is 0. The Kier molecular flexibility index (Phi) is 5.54. The number of piperazine rings is 1. The van der Waals surface area contributed by atoms with E-state index < -0.39 is 5.60 Å². The number of amides is 1. The molecule has 1 saturated heterocycles. The van der Waals surface area contributed by atoms with E-state index in [9.17, 15) is 9.18 Å². The second kappa shape index (κ2) is 7.86. The molecule has 0 spiro atoms. The third-order valence-corrected chi connectivity index (χ3v) is 4.69. The molecule has 6 heteroatoms. The minimum absolute atomic E-state index is 0.0721. The Morgan fingerprint density at radius 2 is 1.67 bits per heavy atom. The predicted molar refractivity (Wildman–Crippen MR) is 103 cm³/mol. The van der Waals surface area contributed by atoms with Gasteiger partial charge in [-0.05, 0) is 50.2 Å². The van der Waals surface area contributed by atoms with Gasteiger partial charge in [0.1, 0.15) is 17.3 Å². The first-order valence-corrected chi connectivity index (χ1v) is 9.02. The molecule has 1 aliphatic rings. The van der Waals surface area contributed by atoms with Gasteiger partial charge in [-0.15, -0.1) is 0 Å². The van der Waals surface area contributed by atoms with Crippen molar-refractivity contribution in [1.82, 2.24) is 4.90 Å². The van der Waals surface area contributed by atoms with Crippen LogP contribution in [0.25, 0.3) is 0 Å². The van der Waals surface area contributed by atoms with Crippen molar-refractivity contribution in [3.05, 3.63) is 54.3 Å². The first-order chi connectivity index (χ1) is 12.9. The summed E-state index contributed by atoms with van der Waals surface area (Å²) in [5.74, 6) is 0.891. The Morgan fingerprint density at radius 1 is 1.00 bits per heavy atom. The molecule has 0 bridgehead atoms. The van der Waals surface area contributed by atoms with Crippen LogP contribution in [0.15, 0.2) is 48.5 Å². The molecule has 1 heterocycles. The Morgan fingerprint density at radius 3 is 2.30 bits per heavy atom. The monoisotopic (exact) mass is 372 g/mol. The third kappa shape index (κ3) is 4.51. The predicted octanol–water partition coefficient (Wildman–Crippen LogP) is 3.34. The van der Waals surface area contributed by atoms with Crippen LogP contribution in [0, 0.1) is 5.82 Å². The molecule has 0 saturated carbocycles. The molecule has 2 aromatic rings. The molecule has 1 fully saturated rings. The minimum atomic E-state index is -1.02. The molecule has 0 atom stereocenters. The fraction of sp³-hybridized carbons (Fsp3) is 0.381. The lowest BCUT2D eigenvalue weighted by Crippen LogP contribution is -2.55. The largest absolute Gasteiger partial charge is 0.497 e. The highest BCUT2D eigenvalue weighted by Gasteiger charge is 2.35. The van der Waals surface area contributed by atoms with Crippen LogP contribution >= 0.6 is 0 Å². The van der Waals surface area contributed by atoms with Crippen LogP contribution in [-0.4, -0.2) is 49.7 Å². The van der Waals surface area contributed by atoms with Gasteiger partial charge >= 0.3 is 0 Å². The SMILES string of the molecule is COc1cccc(N2CCN(C(=O)C(C)(C)Oc3ccc(F)cc3)CC2)c1. The topological polar surface area (TPSA) is 42.0 Å². The lowest BCUT2D eigenvalue weighted by atomic mass is 10.1. The molecule has 5 nitrogen and oxygen atoms in total. The number of hydrogen-bond acceptors (Lipinski definition) is 4. The van der Waals surface area contributed by atoms with Gasteiger partial charge in [-0.25, -0.2) is 4.39 Å². The summed E-state index contributed by atoms with van der Waals surface area (Å²) in [6.45, 7) is 6.20. The summed E-state index contributed by atoms with van der Waals surface area (Å²) < 4.78 is 24.2. The quantitative estimate of drug-likeness (QED) is 0.807. The van der Waals surface area contributed by atoms with E-state index >= 15 is 0 Å². The number of halogens is 1. The molecule has 0 aliphatic carbocycles. The molecule has 144 valence electrons. The zero-order valence-electron chi connectivity index (χ0n) is 15.9. The molecular weight excluding hydrogens is 347 g/mol. The van der Waals surface area contributed by atoms with Crippen LogP contribution in [-0.2, 0) is 4.79 Å². The van der Waals surface area contributed by atoms with E-state index in [1.54, 1.807) is 21.0 Å². The summed E-state index contributed by atoms with van der Waals surface area (Å²) in [6.07, 6.45) is 0. The molecular formula is C21H25FN2O3. The van der Waals surface area contributed by atoms with E-state index in [4.69, 9.17) is 9.47 Å². The van der Waals surface area contributed by atoms with E-state index in [-0.39, 0.29) is 11.7 Å². The smallest absolute Gasteiger partial charge is 0.266 e. The Balaban J connectivity index is 1.60. The van der Waals surface area contributed by atoms with Gasteiger partial charge in [-0.1, -0.05) is 6.07 Å². The van der Waals surface area contributed by atoms with Crippen LogP contribution in [0.2, 0.25) is 0 Å². The van der Waals surface area contributed by atoms with Gasteiger partial charge in [0.2, 0.25) is 0 Å². The van der Waals surface area contributed by atoms with E-state index in [0.29, 0.717) is 18.8 Å². The van der Waals surface area contributed by atoms with Gasteiger partial charge in [0.25, 0.3) is 5.91 Å². The number of benzene rings is 2. The van der Waals surface area contributed by atoms with Gasteiger partial charge in [-0.3, -0.25) is 4.79 Å². The van der Waals surface area contributed by atoms with Crippen LogP contribution in [0.3, 0.4) is 0 Å². The number of anilines is 1. The molecule has 0 aromatic heterocycles. The van der Waals surface area contributed by atoms with Gasteiger partial charge in [0.15, 0.2) is 5.60 Å². The second-order valence-corrected chi connectivity index (χ2v) is 7.05. The third-order valence-electron chi connectivity index (χ3n) is 4.69. The molecule has 27 heavy (non-hydrogen) atoms. The summed E-state index contributed by atoms with van der Waals surface area (Å²) in [7, 11) is 1.65. The van der Waals surface area contributed by atoms with Gasteiger partial charge in [-0.2, -0.15) is 0 Å². The molecule has 0 radical (unpaired) electrons. The van der Waals surface area contributed by atoms with Crippen LogP contribution in [0.5, 0.6) is 11.5 Å². The van der Waals surface area contributed by atoms with Crippen molar-refractivity contribution in [2.45, 2.75) is 19.4 Å².